The standard InChI is InChI=1S/C29H27N3OS2/c1-20-16-17-25(18-21(20)2)30-28(33)27(22-10-5-3-6-11-22)35-26-15-9-14-24(19-26)32-29(34)31-23-12-7-4-8-13-23/h3-19,27H,1-2H3,(H,30,33)(H2,31,32,34). The lowest BCUT2D eigenvalue weighted by atomic mass is 10.1. The zero-order chi connectivity index (χ0) is 24.6. The molecule has 0 spiro atoms. The summed E-state index contributed by atoms with van der Waals surface area (Å²) < 4.78 is 0. The summed E-state index contributed by atoms with van der Waals surface area (Å²) in [5.74, 6) is -0.0657. The molecule has 0 fully saturated rings. The van der Waals surface area contributed by atoms with Crippen molar-refractivity contribution in [2.24, 2.45) is 0 Å². The maximum absolute atomic E-state index is 13.4. The number of hydrogen-bond acceptors (Lipinski definition) is 3. The summed E-state index contributed by atoms with van der Waals surface area (Å²) in [5, 5.41) is 9.60. The molecule has 0 radical (unpaired) electrons. The van der Waals surface area contributed by atoms with Crippen LogP contribution >= 0.6 is 24.0 Å². The average Bonchev–Trinajstić information content (AvgIpc) is 2.86. The monoisotopic (exact) mass is 497 g/mol. The van der Waals surface area contributed by atoms with Crippen LogP contribution in [0.15, 0.2) is 108 Å². The van der Waals surface area contributed by atoms with Gasteiger partial charge in [0.15, 0.2) is 5.11 Å². The van der Waals surface area contributed by atoms with Crippen molar-refractivity contribution in [3.63, 3.8) is 0 Å². The largest absolute Gasteiger partial charge is 0.332 e. The highest BCUT2D eigenvalue weighted by Gasteiger charge is 2.22. The second kappa shape index (κ2) is 11.7. The van der Waals surface area contributed by atoms with Gasteiger partial charge in [0.2, 0.25) is 5.91 Å². The first-order chi connectivity index (χ1) is 17.0. The fraction of sp³-hybridized carbons (Fsp3) is 0.103. The number of benzene rings is 4. The number of thiocarbonyl (C=S) groups is 1. The van der Waals surface area contributed by atoms with Gasteiger partial charge in [-0.3, -0.25) is 4.79 Å². The van der Waals surface area contributed by atoms with Crippen LogP contribution in [0.5, 0.6) is 0 Å². The minimum absolute atomic E-state index is 0.0657. The van der Waals surface area contributed by atoms with Gasteiger partial charge in [-0.05, 0) is 85.2 Å². The zero-order valence-electron chi connectivity index (χ0n) is 19.6. The number of hydrogen-bond donors (Lipinski definition) is 3. The molecule has 4 aromatic carbocycles. The Kier molecular flexibility index (Phi) is 8.19. The fourth-order valence-electron chi connectivity index (χ4n) is 3.53. The second-order valence-electron chi connectivity index (χ2n) is 8.17. The number of carbonyl (C=O) groups is 1. The highest BCUT2D eigenvalue weighted by molar-refractivity contribution is 8.00. The van der Waals surface area contributed by atoms with Crippen molar-refractivity contribution >= 4 is 52.1 Å². The van der Waals surface area contributed by atoms with E-state index in [0.29, 0.717) is 5.11 Å². The van der Waals surface area contributed by atoms with Gasteiger partial charge < -0.3 is 16.0 Å². The number of aryl methyl sites for hydroxylation is 2. The van der Waals surface area contributed by atoms with Crippen molar-refractivity contribution in [1.29, 1.82) is 0 Å². The van der Waals surface area contributed by atoms with Gasteiger partial charge >= 0.3 is 0 Å². The van der Waals surface area contributed by atoms with Crippen molar-refractivity contribution in [3.8, 4) is 0 Å². The Bertz CT molecular complexity index is 1310. The van der Waals surface area contributed by atoms with Gasteiger partial charge in [0, 0.05) is 22.0 Å². The molecule has 0 aliphatic heterocycles. The highest BCUT2D eigenvalue weighted by atomic mass is 32.2. The van der Waals surface area contributed by atoms with Gasteiger partial charge in [0.25, 0.3) is 0 Å². The summed E-state index contributed by atoms with van der Waals surface area (Å²) in [6.45, 7) is 4.11. The van der Waals surface area contributed by atoms with Crippen LogP contribution in [-0.4, -0.2) is 11.0 Å². The molecule has 1 unspecified atom stereocenters. The molecule has 0 saturated carbocycles. The van der Waals surface area contributed by atoms with Crippen molar-refractivity contribution in [3.05, 3.63) is 120 Å². The molecule has 1 amide bonds. The van der Waals surface area contributed by atoms with E-state index in [1.807, 2.05) is 110 Å². The van der Waals surface area contributed by atoms with Crippen LogP contribution in [0.25, 0.3) is 0 Å². The van der Waals surface area contributed by atoms with Gasteiger partial charge in [-0.25, -0.2) is 0 Å². The van der Waals surface area contributed by atoms with E-state index in [0.717, 1.165) is 33.1 Å². The topological polar surface area (TPSA) is 53.2 Å². The molecule has 0 bridgehead atoms. The summed E-state index contributed by atoms with van der Waals surface area (Å²) >= 11 is 6.97. The number of thioether (sulfide) groups is 1. The average molecular weight is 498 g/mol. The minimum atomic E-state index is -0.414. The number of para-hydroxylation sites is 1. The second-order valence-corrected chi connectivity index (χ2v) is 9.76. The smallest absolute Gasteiger partial charge is 0.242 e. The third kappa shape index (κ3) is 6.94. The predicted octanol–water partition coefficient (Wildman–Crippen LogP) is 7.58. The molecule has 4 nitrogen and oxygen atoms in total. The Morgan fingerprint density at radius 1 is 0.686 bits per heavy atom. The Morgan fingerprint density at radius 2 is 1.31 bits per heavy atom. The maximum atomic E-state index is 13.4. The number of amides is 1. The molecular weight excluding hydrogens is 470 g/mol. The molecule has 0 aliphatic carbocycles. The van der Waals surface area contributed by atoms with Crippen LogP contribution in [0.1, 0.15) is 21.9 Å². The molecule has 4 aromatic rings. The molecule has 1 atom stereocenters. The van der Waals surface area contributed by atoms with E-state index < -0.39 is 5.25 Å². The molecule has 35 heavy (non-hydrogen) atoms. The van der Waals surface area contributed by atoms with Crippen molar-refractivity contribution < 1.29 is 4.79 Å². The van der Waals surface area contributed by atoms with E-state index >= 15 is 0 Å². The van der Waals surface area contributed by atoms with Crippen LogP contribution in [0.3, 0.4) is 0 Å². The minimum Gasteiger partial charge on any atom is -0.332 e. The Morgan fingerprint density at radius 3 is 2.03 bits per heavy atom. The van der Waals surface area contributed by atoms with E-state index in [1.54, 1.807) is 0 Å². The molecule has 176 valence electrons. The zero-order valence-corrected chi connectivity index (χ0v) is 21.3. The molecule has 3 N–H and O–H groups in total. The summed E-state index contributed by atoms with van der Waals surface area (Å²) in [6.07, 6.45) is 0. The van der Waals surface area contributed by atoms with E-state index in [9.17, 15) is 4.79 Å². The van der Waals surface area contributed by atoms with Gasteiger partial charge in [-0.1, -0.05) is 60.7 Å². The van der Waals surface area contributed by atoms with Gasteiger partial charge in [-0.2, -0.15) is 0 Å². The van der Waals surface area contributed by atoms with E-state index in [4.69, 9.17) is 12.2 Å². The lowest BCUT2D eigenvalue weighted by Crippen LogP contribution is -2.19. The maximum Gasteiger partial charge on any atom is 0.242 e. The van der Waals surface area contributed by atoms with E-state index in [1.165, 1.54) is 17.3 Å². The molecule has 0 aliphatic rings. The molecule has 0 aromatic heterocycles. The molecular formula is C29H27N3OS2. The number of anilines is 3. The first-order valence-corrected chi connectivity index (χ1v) is 12.6. The van der Waals surface area contributed by atoms with E-state index in [2.05, 4.69) is 22.9 Å². The van der Waals surface area contributed by atoms with Crippen LogP contribution in [0, 0.1) is 13.8 Å². The van der Waals surface area contributed by atoms with Crippen LogP contribution in [0.2, 0.25) is 0 Å². The lowest BCUT2D eigenvalue weighted by molar-refractivity contribution is -0.115. The quantitative estimate of drug-likeness (QED) is 0.181. The van der Waals surface area contributed by atoms with E-state index in [-0.39, 0.29) is 5.91 Å². The van der Waals surface area contributed by atoms with Crippen LogP contribution < -0.4 is 16.0 Å². The lowest BCUT2D eigenvalue weighted by Gasteiger charge is -2.18. The Balaban J connectivity index is 1.50. The van der Waals surface area contributed by atoms with Crippen molar-refractivity contribution in [1.82, 2.24) is 0 Å². The third-order valence-electron chi connectivity index (χ3n) is 5.49. The first-order valence-electron chi connectivity index (χ1n) is 11.3. The highest BCUT2D eigenvalue weighted by Crippen LogP contribution is 2.37. The molecule has 0 saturated heterocycles. The Hall–Kier alpha value is -3.61. The summed E-state index contributed by atoms with van der Waals surface area (Å²) in [7, 11) is 0. The normalized spacial score (nSPS) is 11.4. The van der Waals surface area contributed by atoms with Crippen molar-refractivity contribution in [2.75, 3.05) is 16.0 Å². The fourth-order valence-corrected chi connectivity index (χ4v) is 4.85. The summed E-state index contributed by atoms with van der Waals surface area (Å²) in [6, 6.07) is 33.5. The van der Waals surface area contributed by atoms with Gasteiger partial charge in [-0.15, -0.1) is 11.8 Å². The summed E-state index contributed by atoms with van der Waals surface area (Å²) in [5.41, 5.74) is 5.85. The van der Waals surface area contributed by atoms with Crippen LogP contribution in [0.4, 0.5) is 17.1 Å². The Labute approximate surface area is 216 Å². The molecule has 6 heteroatoms. The number of carbonyl (C=O) groups excluding carboxylic acids is 1. The first kappa shape index (κ1) is 24.5. The predicted molar refractivity (Wildman–Crippen MR) is 152 cm³/mol. The number of nitrogens with one attached hydrogen (secondary N) is 3. The van der Waals surface area contributed by atoms with Gasteiger partial charge in [0.05, 0.1) is 0 Å². The SMILES string of the molecule is Cc1ccc(NC(=O)C(Sc2cccc(NC(=S)Nc3ccccc3)c2)c2ccccc2)cc1C. The summed E-state index contributed by atoms with van der Waals surface area (Å²) in [4.78, 5) is 14.4. The van der Waals surface area contributed by atoms with Gasteiger partial charge in [0.1, 0.15) is 5.25 Å². The molecule has 4 rings (SSSR count). The third-order valence-corrected chi connectivity index (χ3v) is 6.94. The van der Waals surface area contributed by atoms with Crippen molar-refractivity contribution in [2.45, 2.75) is 24.0 Å². The number of rotatable bonds is 7. The molecule has 0 heterocycles. The van der Waals surface area contributed by atoms with Crippen LogP contribution in [-0.2, 0) is 4.79 Å².